The highest BCUT2D eigenvalue weighted by Gasteiger charge is 2.18. The molecule has 5 heteroatoms. The van der Waals surface area contributed by atoms with Gasteiger partial charge in [0.1, 0.15) is 11.6 Å². The number of fused-ring (bicyclic) bond motifs is 1. The van der Waals surface area contributed by atoms with E-state index in [1.807, 2.05) is 43.3 Å². The molecule has 0 spiro atoms. The first-order valence-corrected chi connectivity index (χ1v) is 13.6. The zero-order valence-corrected chi connectivity index (χ0v) is 22.3. The Morgan fingerprint density at radius 3 is 2.43 bits per heavy atom. The molecule has 1 N–H and O–H groups in total. The van der Waals surface area contributed by atoms with Crippen LogP contribution in [-0.4, -0.2) is 22.1 Å². The number of aromatic nitrogens is 2. The number of unbranched alkanes of at least 4 members (excludes halogenated alkanes) is 1. The summed E-state index contributed by atoms with van der Waals surface area (Å²) in [5, 5.41) is 3.16. The fourth-order valence-electron chi connectivity index (χ4n) is 4.63. The first kappa shape index (κ1) is 26.5. The highest BCUT2D eigenvalue weighted by atomic mass is 16.5. The molecule has 0 radical (unpaired) electrons. The fraction of sp³-hybridized carbons (Fsp3) is 0.375. The summed E-state index contributed by atoms with van der Waals surface area (Å²) in [7, 11) is 0. The van der Waals surface area contributed by atoms with E-state index in [0.717, 1.165) is 54.8 Å². The summed E-state index contributed by atoms with van der Waals surface area (Å²) in [6.07, 6.45) is 4.24. The number of amides is 1. The van der Waals surface area contributed by atoms with Gasteiger partial charge in [0.15, 0.2) is 0 Å². The highest BCUT2D eigenvalue weighted by molar-refractivity contribution is 5.78. The lowest BCUT2D eigenvalue weighted by atomic mass is 9.99. The van der Waals surface area contributed by atoms with Crippen LogP contribution in [0.25, 0.3) is 11.0 Å². The minimum atomic E-state index is -0.170. The van der Waals surface area contributed by atoms with Gasteiger partial charge in [-0.3, -0.25) is 4.79 Å². The Morgan fingerprint density at radius 1 is 0.946 bits per heavy atom. The molecule has 0 bridgehead atoms. The molecule has 0 aliphatic heterocycles. The van der Waals surface area contributed by atoms with Crippen molar-refractivity contribution in [3.63, 3.8) is 0 Å². The molecule has 4 aromatic rings. The molecule has 0 saturated heterocycles. The average molecular weight is 498 g/mol. The van der Waals surface area contributed by atoms with Crippen LogP contribution in [0.1, 0.15) is 75.4 Å². The van der Waals surface area contributed by atoms with Gasteiger partial charge in [-0.2, -0.15) is 0 Å². The number of para-hydroxylation sites is 2. The number of nitrogens with one attached hydrogen (secondary N) is 1. The predicted molar refractivity (Wildman–Crippen MR) is 151 cm³/mol. The number of nitrogens with zero attached hydrogens (tertiary/aromatic N) is 2. The van der Waals surface area contributed by atoms with Crippen LogP contribution in [0.4, 0.5) is 0 Å². The Balaban J connectivity index is 1.32. The molecule has 2 unspecified atom stereocenters. The smallest absolute Gasteiger partial charge is 0.220 e. The molecule has 0 saturated carbocycles. The number of aryl methyl sites for hydroxylation is 2. The van der Waals surface area contributed by atoms with Crippen LogP contribution in [-0.2, 0) is 17.8 Å². The highest BCUT2D eigenvalue weighted by Crippen LogP contribution is 2.23. The Hall–Kier alpha value is -3.60. The van der Waals surface area contributed by atoms with Crippen molar-refractivity contribution < 1.29 is 9.53 Å². The van der Waals surface area contributed by atoms with Crippen LogP contribution >= 0.6 is 0 Å². The number of imidazole rings is 1. The number of hydrogen-bond donors (Lipinski definition) is 1. The van der Waals surface area contributed by atoms with Crippen molar-refractivity contribution in [1.29, 1.82) is 0 Å². The van der Waals surface area contributed by atoms with Gasteiger partial charge in [-0.15, -0.1) is 0 Å². The van der Waals surface area contributed by atoms with Crippen LogP contribution < -0.4 is 10.1 Å². The van der Waals surface area contributed by atoms with Gasteiger partial charge in [0.2, 0.25) is 5.91 Å². The Kier molecular flexibility index (Phi) is 9.36. The van der Waals surface area contributed by atoms with Gasteiger partial charge in [0.25, 0.3) is 0 Å². The van der Waals surface area contributed by atoms with Crippen molar-refractivity contribution >= 4 is 16.9 Å². The molecular weight excluding hydrogens is 458 g/mol. The van der Waals surface area contributed by atoms with E-state index in [9.17, 15) is 4.79 Å². The van der Waals surface area contributed by atoms with Crippen molar-refractivity contribution in [2.24, 2.45) is 0 Å². The maximum absolute atomic E-state index is 12.7. The van der Waals surface area contributed by atoms with Crippen molar-refractivity contribution in [2.45, 2.75) is 71.4 Å². The second-order valence-electron chi connectivity index (χ2n) is 9.82. The molecule has 5 nitrogen and oxygen atoms in total. The minimum Gasteiger partial charge on any atom is -0.494 e. The van der Waals surface area contributed by atoms with Crippen molar-refractivity contribution in [2.75, 3.05) is 6.61 Å². The minimum absolute atomic E-state index is 0.0442. The molecule has 1 aromatic heterocycles. The number of carbonyl (C=O) groups excluding carboxylic acids is 1. The molecule has 0 aliphatic carbocycles. The topological polar surface area (TPSA) is 56.1 Å². The SMILES string of the molecule is CCC(C)c1ccc(OCCCCn2c(C(C)NC(=O)CCc3ccccc3)nc3ccccc32)cc1. The standard InChI is InChI=1S/C32H39N3O2/c1-4-24(2)27-17-19-28(20-18-27)37-23-11-10-22-35-30-15-9-8-14-29(30)34-32(35)25(3)33-31(36)21-16-26-12-6-5-7-13-26/h5-9,12-15,17-20,24-25H,4,10-11,16,21-23H2,1-3H3,(H,33,36). The average Bonchev–Trinajstić information content (AvgIpc) is 3.31. The molecule has 37 heavy (non-hydrogen) atoms. The molecule has 0 aliphatic rings. The Bertz CT molecular complexity index is 1260. The summed E-state index contributed by atoms with van der Waals surface area (Å²) in [4.78, 5) is 17.5. The summed E-state index contributed by atoms with van der Waals surface area (Å²) in [5.74, 6) is 2.44. The summed E-state index contributed by atoms with van der Waals surface area (Å²) in [6, 6.07) is 26.6. The van der Waals surface area contributed by atoms with Crippen LogP contribution in [0.3, 0.4) is 0 Å². The molecule has 0 fully saturated rings. The predicted octanol–water partition coefficient (Wildman–Crippen LogP) is 7.22. The van der Waals surface area contributed by atoms with Crippen LogP contribution in [0.5, 0.6) is 5.75 Å². The lowest BCUT2D eigenvalue weighted by Gasteiger charge is -2.17. The van der Waals surface area contributed by atoms with Crippen LogP contribution in [0.2, 0.25) is 0 Å². The number of carbonyl (C=O) groups is 1. The van der Waals surface area contributed by atoms with Gasteiger partial charge >= 0.3 is 0 Å². The molecule has 1 heterocycles. The summed E-state index contributed by atoms with van der Waals surface area (Å²) < 4.78 is 8.24. The fourth-order valence-corrected chi connectivity index (χ4v) is 4.63. The van der Waals surface area contributed by atoms with E-state index in [2.05, 4.69) is 66.2 Å². The molecule has 194 valence electrons. The summed E-state index contributed by atoms with van der Waals surface area (Å²) >= 11 is 0. The Labute approximate surface area is 220 Å². The van der Waals surface area contributed by atoms with E-state index in [-0.39, 0.29) is 11.9 Å². The van der Waals surface area contributed by atoms with Crippen LogP contribution in [0, 0.1) is 0 Å². The summed E-state index contributed by atoms with van der Waals surface area (Å²) in [6.45, 7) is 7.99. The number of ether oxygens (including phenoxy) is 1. The van der Waals surface area contributed by atoms with Crippen molar-refractivity contribution in [3.8, 4) is 5.75 Å². The second-order valence-corrected chi connectivity index (χ2v) is 9.82. The lowest BCUT2D eigenvalue weighted by molar-refractivity contribution is -0.121. The maximum atomic E-state index is 12.7. The van der Waals surface area contributed by atoms with Gasteiger partial charge in [0.05, 0.1) is 23.7 Å². The van der Waals surface area contributed by atoms with Gasteiger partial charge in [-0.05, 0) is 73.9 Å². The van der Waals surface area contributed by atoms with E-state index in [4.69, 9.17) is 9.72 Å². The number of rotatable bonds is 13. The van der Waals surface area contributed by atoms with E-state index >= 15 is 0 Å². The first-order chi connectivity index (χ1) is 18.0. The quantitative estimate of drug-likeness (QED) is 0.198. The van der Waals surface area contributed by atoms with Gasteiger partial charge in [-0.25, -0.2) is 4.98 Å². The molecule has 4 rings (SSSR count). The van der Waals surface area contributed by atoms with Crippen LogP contribution in [0.15, 0.2) is 78.9 Å². The van der Waals surface area contributed by atoms with E-state index in [1.54, 1.807) is 0 Å². The zero-order chi connectivity index (χ0) is 26.0. The van der Waals surface area contributed by atoms with Gasteiger partial charge < -0.3 is 14.6 Å². The number of benzene rings is 3. The molecular formula is C32H39N3O2. The second kappa shape index (κ2) is 13.1. The third-order valence-corrected chi connectivity index (χ3v) is 7.04. The Morgan fingerprint density at radius 2 is 1.68 bits per heavy atom. The van der Waals surface area contributed by atoms with Gasteiger partial charge in [-0.1, -0.05) is 68.4 Å². The van der Waals surface area contributed by atoms with E-state index < -0.39 is 0 Å². The zero-order valence-electron chi connectivity index (χ0n) is 22.3. The summed E-state index contributed by atoms with van der Waals surface area (Å²) in [5.41, 5.74) is 4.59. The lowest BCUT2D eigenvalue weighted by Crippen LogP contribution is -2.29. The van der Waals surface area contributed by atoms with Crippen molar-refractivity contribution in [3.05, 3.63) is 95.8 Å². The normalized spacial score (nSPS) is 12.8. The molecule has 1 amide bonds. The molecule has 2 atom stereocenters. The monoisotopic (exact) mass is 497 g/mol. The molecule has 3 aromatic carbocycles. The maximum Gasteiger partial charge on any atom is 0.220 e. The third-order valence-electron chi connectivity index (χ3n) is 7.04. The number of hydrogen-bond acceptors (Lipinski definition) is 3. The largest absolute Gasteiger partial charge is 0.494 e. The first-order valence-electron chi connectivity index (χ1n) is 13.6. The van der Waals surface area contributed by atoms with Gasteiger partial charge in [0, 0.05) is 13.0 Å². The van der Waals surface area contributed by atoms with E-state index in [1.165, 1.54) is 11.1 Å². The van der Waals surface area contributed by atoms with Crippen molar-refractivity contribution in [1.82, 2.24) is 14.9 Å². The third kappa shape index (κ3) is 7.22. The van der Waals surface area contributed by atoms with E-state index in [0.29, 0.717) is 18.9 Å².